The summed E-state index contributed by atoms with van der Waals surface area (Å²) < 4.78 is 38.8. The Morgan fingerprint density at radius 3 is 2.35 bits per heavy atom. The number of fused-ring (bicyclic) bond motifs is 1. The SMILES string of the molecule is CN(CC(=O)Nc1ccc2ccccc2c1)S(=O)(=O)c1ccc(F)cc1. The standard InChI is InChI=1S/C19H17FN2O3S/c1-22(26(24,25)18-10-7-16(20)8-11-18)13-19(23)21-17-9-6-14-4-2-3-5-15(14)12-17/h2-12H,13H2,1H3,(H,21,23). The summed E-state index contributed by atoms with van der Waals surface area (Å²) in [5.74, 6) is -0.992. The number of sulfonamides is 1. The Labute approximate surface area is 151 Å². The quantitative estimate of drug-likeness (QED) is 0.748. The predicted molar refractivity (Wildman–Crippen MR) is 98.8 cm³/mol. The summed E-state index contributed by atoms with van der Waals surface area (Å²) in [5, 5.41) is 4.71. The largest absolute Gasteiger partial charge is 0.325 e. The summed E-state index contributed by atoms with van der Waals surface area (Å²) in [4.78, 5) is 12.1. The molecule has 3 rings (SSSR count). The number of hydrogen-bond acceptors (Lipinski definition) is 3. The van der Waals surface area contributed by atoms with E-state index in [2.05, 4.69) is 5.32 Å². The molecular formula is C19H17FN2O3S. The number of nitrogens with zero attached hydrogens (tertiary/aromatic N) is 1. The molecule has 0 heterocycles. The van der Waals surface area contributed by atoms with E-state index in [1.807, 2.05) is 36.4 Å². The lowest BCUT2D eigenvalue weighted by Crippen LogP contribution is -2.34. The molecule has 3 aromatic carbocycles. The van der Waals surface area contributed by atoms with Crippen molar-refractivity contribution in [3.05, 3.63) is 72.5 Å². The number of halogens is 1. The van der Waals surface area contributed by atoms with E-state index in [0.29, 0.717) is 5.69 Å². The number of carbonyl (C=O) groups excluding carboxylic acids is 1. The number of amides is 1. The number of anilines is 1. The first-order valence-electron chi connectivity index (χ1n) is 7.87. The molecule has 7 heteroatoms. The topological polar surface area (TPSA) is 66.5 Å². The van der Waals surface area contributed by atoms with Gasteiger partial charge in [-0.05, 0) is 47.2 Å². The second kappa shape index (κ2) is 7.23. The van der Waals surface area contributed by atoms with Crippen molar-refractivity contribution < 1.29 is 17.6 Å². The maximum atomic E-state index is 13.0. The molecular weight excluding hydrogens is 355 g/mol. The van der Waals surface area contributed by atoms with Gasteiger partial charge >= 0.3 is 0 Å². The van der Waals surface area contributed by atoms with Gasteiger partial charge in [-0.1, -0.05) is 30.3 Å². The fourth-order valence-corrected chi connectivity index (χ4v) is 3.67. The average molecular weight is 372 g/mol. The first-order valence-corrected chi connectivity index (χ1v) is 9.31. The van der Waals surface area contributed by atoms with Crippen molar-refractivity contribution >= 4 is 32.4 Å². The van der Waals surface area contributed by atoms with Crippen LogP contribution in [0.4, 0.5) is 10.1 Å². The van der Waals surface area contributed by atoms with Gasteiger partial charge in [-0.2, -0.15) is 4.31 Å². The highest BCUT2D eigenvalue weighted by molar-refractivity contribution is 7.89. The van der Waals surface area contributed by atoms with E-state index in [1.165, 1.54) is 19.2 Å². The first kappa shape index (κ1) is 18.0. The molecule has 0 unspecified atom stereocenters. The summed E-state index contributed by atoms with van der Waals surface area (Å²) in [5.41, 5.74) is 0.585. The zero-order valence-electron chi connectivity index (χ0n) is 14.0. The minimum atomic E-state index is -3.87. The lowest BCUT2D eigenvalue weighted by atomic mass is 10.1. The van der Waals surface area contributed by atoms with Crippen molar-refractivity contribution in [2.24, 2.45) is 0 Å². The second-order valence-electron chi connectivity index (χ2n) is 5.83. The molecule has 0 fully saturated rings. The first-order chi connectivity index (χ1) is 12.4. The molecule has 26 heavy (non-hydrogen) atoms. The summed E-state index contributed by atoms with van der Waals surface area (Å²) in [6.45, 7) is -0.355. The van der Waals surface area contributed by atoms with E-state index in [4.69, 9.17) is 0 Å². The van der Waals surface area contributed by atoms with E-state index in [9.17, 15) is 17.6 Å². The Hall–Kier alpha value is -2.77. The molecule has 3 aromatic rings. The third kappa shape index (κ3) is 3.89. The lowest BCUT2D eigenvalue weighted by molar-refractivity contribution is -0.116. The fraction of sp³-hybridized carbons (Fsp3) is 0.105. The molecule has 5 nitrogen and oxygen atoms in total. The number of benzene rings is 3. The van der Waals surface area contributed by atoms with Crippen LogP contribution in [0, 0.1) is 5.82 Å². The molecule has 0 aliphatic heterocycles. The number of rotatable bonds is 5. The smallest absolute Gasteiger partial charge is 0.243 e. The maximum absolute atomic E-state index is 13.0. The van der Waals surface area contributed by atoms with Gasteiger partial charge in [-0.3, -0.25) is 4.79 Å². The highest BCUT2D eigenvalue weighted by Crippen LogP contribution is 2.19. The number of nitrogens with one attached hydrogen (secondary N) is 1. The van der Waals surface area contributed by atoms with Crippen molar-refractivity contribution in [1.29, 1.82) is 0 Å². The highest BCUT2D eigenvalue weighted by Gasteiger charge is 2.23. The van der Waals surface area contributed by atoms with Gasteiger partial charge in [0.1, 0.15) is 5.82 Å². The Morgan fingerprint density at radius 1 is 1.00 bits per heavy atom. The summed E-state index contributed by atoms with van der Waals surface area (Å²) >= 11 is 0. The van der Waals surface area contributed by atoms with Crippen LogP contribution in [0.3, 0.4) is 0 Å². The highest BCUT2D eigenvalue weighted by atomic mass is 32.2. The summed E-state index contributed by atoms with van der Waals surface area (Å²) in [6.07, 6.45) is 0. The molecule has 0 saturated heterocycles. The van der Waals surface area contributed by atoms with Gasteiger partial charge < -0.3 is 5.32 Å². The van der Waals surface area contributed by atoms with Crippen LogP contribution in [0.25, 0.3) is 10.8 Å². The maximum Gasteiger partial charge on any atom is 0.243 e. The van der Waals surface area contributed by atoms with E-state index in [0.717, 1.165) is 27.2 Å². The second-order valence-corrected chi connectivity index (χ2v) is 7.87. The van der Waals surface area contributed by atoms with Gasteiger partial charge in [0.2, 0.25) is 15.9 Å². The Balaban J connectivity index is 1.71. The zero-order valence-corrected chi connectivity index (χ0v) is 14.8. The molecule has 0 atom stereocenters. The van der Waals surface area contributed by atoms with Crippen molar-refractivity contribution in [3.63, 3.8) is 0 Å². The third-order valence-corrected chi connectivity index (χ3v) is 5.74. The van der Waals surface area contributed by atoms with Crippen LogP contribution in [-0.2, 0) is 14.8 Å². The Bertz CT molecular complexity index is 1050. The van der Waals surface area contributed by atoms with Gasteiger partial charge in [0.05, 0.1) is 11.4 Å². The van der Waals surface area contributed by atoms with Crippen molar-refractivity contribution in [2.45, 2.75) is 4.90 Å². The predicted octanol–water partition coefficient (Wildman–Crippen LogP) is 3.24. The normalized spacial score (nSPS) is 11.7. The molecule has 0 spiro atoms. The third-order valence-electron chi connectivity index (χ3n) is 3.92. The molecule has 0 saturated carbocycles. The van der Waals surface area contributed by atoms with E-state index >= 15 is 0 Å². The van der Waals surface area contributed by atoms with Crippen LogP contribution in [0.5, 0.6) is 0 Å². The summed E-state index contributed by atoms with van der Waals surface area (Å²) in [6, 6.07) is 17.6. The Kier molecular flexibility index (Phi) is 5.01. The van der Waals surface area contributed by atoms with Crippen molar-refractivity contribution in [3.8, 4) is 0 Å². The zero-order chi connectivity index (χ0) is 18.7. The molecule has 1 amide bonds. The average Bonchev–Trinajstić information content (AvgIpc) is 2.61. The van der Waals surface area contributed by atoms with E-state index < -0.39 is 21.7 Å². The lowest BCUT2D eigenvalue weighted by Gasteiger charge is -2.17. The number of carbonyl (C=O) groups is 1. The Morgan fingerprint density at radius 2 is 1.65 bits per heavy atom. The van der Waals surface area contributed by atoms with Gasteiger partial charge in [0.15, 0.2) is 0 Å². The van der Waals surface area contributed by atoms with Gasteiger partial charge in [0, 0.05) is 12.7 Å². The summed E-state index contributed by atoms with van der Waals surface area (Å²) in [7, 11) is -2.57. The minimum absolute atomic E-state index is 0.0695. The number of hydrogen-bond donors (Lipinski definition) is 1. The van der Waals surface area contributed by atoms with Gasteiger partial charge in [-0.25, -0.2) is 12.8 Å². The van der Waals surface area contributed by atoms with Crippen LogP contribution < -0.4 is 5.32 Å². The van der Waals surface area contributed by atoms with Gasteiger partial charge in [0.25, 0.3) is 0 Å². The minimum Gasteiger partial charge on any atom is -0.325 e. The molecule has 134 valence electrons. The monoisotopic (exact) mass is 372 g/mol. The van der Waals surface area contributed by atoms with Gasteiger partial charge in [-0.15, -0.1) is 0 Å². The van der Waals surface area contributed by atoms with Crippen LogP contribution in [0.1, 0.15) is 0 Å². The van der Waals surface area contributed by atoms with E-state index in [-0.39, 0.29) is 11.4 Å². The molecule has 0 aliphatic rings. The number of likely N-dealkylation sites (N-methyl/N-ethyl adjacent to an activating group) is 1. The fourth-order valence-electron chi connectivity index (χ4n) is 2.54. The molecule has 0 bridgehead atoms. The van der Waals surface area contributed by atoms with Crippen molar-refractivity contribution in [1.82, 2.24) is 4.31 Å². The molecule has 0 aromatic heterocycles. The molecule has 0 radical (unpaired) electrons. The molecule has 0 aliphatic carbocycles. The van der Waals surface area contributed by atoms with E-state index in [1.54, 1.807) is 6.07 Å². The van der Waals surface area contributed by atoms with Crippen molar-refractivity contribution in [2.75, 3.05) is 18.9 Å². The van der Waals surface area contributed by atoms with Crippen LogP contribution in [-0.4, -0.2) is 32.2 Å². The van der Waals surface area contributed by atoms with Crippen LogP contribution in [0.2, 0.25) is 0 Å². The van der Waals surface area contributed by atoms with Crippen LogP contribution >= 0.6 is 0 Å². The molecule has 1 N–H and O–H groups in total. The van der Waals surface area contributed by atoms with Crippen LogP contribution in [0.15, 0.2) is 71.6 Å².